The zero-order chi connectivity index (χ0) is 18.0. The van der Waals surface area contributed by atoms with Crippen molar-refractivity contribution in [2.45, 2.75) is 38.6 Å². The molecule has 2 aliphatic rings. The van der Waals surface area contributed by atoms with Gasteiger partial charge in [0.05, 0.1) is 11.5 Å². The minimum Gasteiger partial charge on any atom is -0.345 e. The van der Waals surface area contributed by atoms with Gasteiger partial charge in [-0.15, -0.1) is 0 Å². The number of likely N-dealkylation sites (tertiary alicyclic amines) is 1. The summed E-state index contributed by atoms with van der Waals surface area (Å²) in [4.78, 5) is 20.7. The van der Waals surface area contributed by atoms with E-state index < -0.39 is 9.84 Å². The lowest BCUT2D eigenvalue weighted by atomic mass is 9.94. The molecule has 2 saturated heterocycles. The lowest BCUT2D eigenvalue weighted by molar-refractivity contribution is -0.135. The molecule has 2 aliphatic heterocycles. The summed E-state index contributed by atoms with van der Waals surface area (Å²) in [5.74, 6) is 1.90. The van der Waals surface area contributed by atoms with E-state index in [9.17, 15) is 13.2 Å². The van der Waals surface area contributed by atoms with Gasteiger partial charge in [-0.25, -0.2) is 8.42 Å². The Hall–Kier alpha value is -1.48. The number of hydrogen-bond donors (Lipinski definition) is 0. The van der Waals surface area contributed by atoms with Crippen molar-refractivity contribution in [2.24, 2.45) is 5.92 Å². The molecule has 0 aromatic carbocycles. The summed E-state index contributed by atoms with van der Waals surface area (Å²) in [5, 5.41) is 3.85. The SMILES string of the molecule is Cc1nc(CCN(C)C(=O)C2CCN(C3CCS(=O)(=O)C3)CC2)no1. The molecule has 140 valence electrons. The number of rotatable bonds is 5. The number of hydrogen-bond acceptors (Lipinski definition) is 7. The molecule has 0 radical (unpaired) electrons. The molecule has 1 unspecified atom stereocenters. The van der Waals surface area contributed by atoms with Crippen LogP contribution in [0.3, 0.4) is 0 Å². The Kier molecular flexibility index (Phi) is 5.43. The molecule has 0 saturated carbocycles. The van der Waals surface area contributed by atoms with Crippen LogP contribution in [0.5, 0.6) is 0 Å². The molecule has 0 N–H and O–H groups in total. The Morgan fingerprint density at radius 2 is 2.04 bits per heavy atom. The van der Waals surface area contributed by atoms with Crippen molar-refractivity contribution in [2.75, 3.05) is 38.2 Å². The highest BCUT2D eigenvalue weighted by Crippen LogP contribution is 2.25. The lowest BCUT2D eigenvalue weighted by Crippen LogP contribution is -2.45. The Bertz CT molecular complexity index is 709. The number of likely N-dealkylation sites (N-methyl/N-ethyl adjacent to an activating group) is 1. The summed E-state index contributed by atoms with van der Waals surface area (Å²) >= 11 is 0. The second kappa shape index (κ2) is 7.41. The molecule has 1 amide bonds. The maximum atomic E-state index is 12.6. The quantitative estimate of drug-likeness (QED) is 0.734. The van der Waals surface area contributed by atoms with Gasteiger partial charge < -0.3 is 9.42 Å². The van der Waals surface area contributed by atoms with Gasteiger partial charge in [0.15, 0.2) is 15.7 Å². The summed E-state index contributed by atoms with van der Waals surface area (Å²) in [6, 6.07) is 0.139. The normalized spacial score (nSPS) is 24.5. The van der Waals surface area contributed by atoms with Crippen LogP contribution >= 0.6 is 0 Å². The van der Waals surface area contributed by atoms with Gasteiger partial charge in [0, 0.05) is 38.9 Å². The van der Waals surface area contributed by atoms with E-state index in [1.807, 2.05) is 7.05 Å². The van der Waals surface area contributed by atoms with Gasteiger partial charge in [-0.3, -0.25) is 9.69 Å². The molecule has 25 heavy (non-hydrogen) atoms. The van der Waals surface area contributed by atoms with E-state index in [-0.39, 0.29) is 23.6 Å². The Balaban J connectivity index is 1.44. The zero-order valence-corrected chi connectivity index (χ0v) is 15.7. The Morgan fingerprint density at radius 3 is 2.60 bits per heavy atom. The molecular weight excluding hydrogens is 344 g/mol. The third-order valence-corrected chi connectivity index (χ3v) is 6.97. The maximum Gasteiger partial charge on any atom is 0.225 e. The molecule has 1 aromatic heterocycles. The van der Waals surface area contributed by atoms with Crippen molar-refractivity contribution >= 4 is 15.7 Å². The molecule has 3 heterocycles. The monoisotopic (exact) mass is 370 g/mol. The molecule has 0 bridgehead atoms. The summed E-state index contributed by atoms with van der Waals surface area (Å²) < 4.78 is 28.2. The first-order valence-corrected chi connectivity index (χ1v) is 10.6. The van der Waals surface area contributed by atoms with Crippen LogP contribution in [0.1, 0.15) is 31.0 Å². The molecule has 8 nitrogen and oxygen atoms in total. The molecule has 3 rings (SSSR count). The number of piperidine rings is 1. The van der Waals surface area contributed by atoms with Gasteiger partial charge in [-0.1, -0.05) is 5.16 Å². The van der Waals surface area contributed by atoms with Crippen molar-refractivity contribution in [3.63, 3.8) is 0 Å². The first-order chi connectivity index (χ1) is 11.8. The van der Waals surface area contributed by atoms with Gasteiger partial charge in [-0.2, -0.15) is 4.98 Å². The van der Waals surface area contributed by atoms with Crippen LogP contribution in [0.2, 0.25) is 0 Å². The number of aromatic nitrogens is 2. The highest BCUT2D eigenvalue weighted by atomic mass is 32.2. The van der Waals surface area contributed by atoms with Crippen molar-refractivity contribution in [3.8, 4) is 0 Å². The minimum atomic E-state index is -2.86. The van der Waals surface area contributed by atoms with Crippen molar-refractivity contribution in [1.29, 1.82) is 0 Å². The van der Waals surface area contributed by atoms with Gasteiger partial charge in [0.1, 0.15) is 0 Å². The predicted octanol–water partition coefficient (Wildman–Crippen LogP) is 0.278. The second-order valence-corrected chi connectivity index (χ2v) is 9.34. The molecule has 0 spiro atoms. The van der Waals surface area contributed by atoms with Crippen LogP contribution in [0.4, 0.5) is 0 Å². The fraction of sp³-hybridized carbons (Fsp3) is 0.812. The third kappa shape index (κ3) is 4.58. The van der Waals surface area contributed by atoms with E-state index in [1.54, 1.807) is 11.8 Å². The van der Waals surface area contributed by atoms with Crippen LogP contribution in [0, 0.1) is 12.8 Å². The smallest absolute Gasteiger partial charge is 0.225 e. The fourth-order valence-electron chi connectivity index (χ4n) is 3.71. The standard InChI is InChI=1S/C16H26N4O4S/c1-12-17-15(18-24-12)5-7-19(2)16(21)13-3-8-20(9-4-13)14-6-10-25(22,23)11-14/h13-14H,3-11H2,1-2H3. The van der Waals surface area contributed by atoms with E-state index in [4.69, 9.17) is 4.52 Å². The van der Waals surface area contributed by atoms with Crippen LogP contribution in [0.25, 0.3) is 0 Å². The number of carbonyl (C=O) groups is 1. The highest BCUT2D eigenvalue weighted by Gasteiger charge is 2.35. The number of aryl methyl sites for hydroxylation is 1. The minimum absolute atomic E-state index is 0.0197. The molecule has 2 fully saturated rings. The van der Waals surface area contributed by atoms with E-state index in [0.717, 1.165) is 32.4 Å². The van der Waals surface area contributed by atoms with E-state index in [0.29, 0.717) is 30.4 Å². The van der Waals surface area contributed by atoms with Crippen LogP contribution in [-0.4, -0.2) is 78.5 Å². The summed E-state index contributed by atoms with van der Waals surface area (Å²) in [6.07, 6.45) is 2.89. The number of nitrogens with zero attached hydrogens (tertiary/aromatic N) is 4. The number of carbonyl (C=O) groups excluding carboxylic acids is 1. The number of sulfone groups is 1. The van der Waals surface area contributed by atoms with Crippen LogP contribution in [0.15, 0.2) is 4.52 Å². The highest BCUT2D eigenvalue weighted by molar-refractivity contribution is 7.91. The summed E-state index contributed by atoms with van der Waals surface area (Å²) in [5.41, 5.74) is 0. The van der Waals surface area contributed by atoms with Crippen molar-refractivity contribution < 1.29 is 17.7 Å². The van der Waals surface area contributed by atoms with E-state index >= 15 is 0 Å². The van der Waals surface area contributed by atoms with E-state index in [1.165, 1.54) is 0 Å². The molecule has 1 aromatic rings. The third-order valence-electron chi connectivity index (χ3n) is 5.22. The average molecular weight is 370 g/mol. The Morgan fingerprint density at radius 1 is 1.32 bits per heavy atom. The van der Waals surface area contributed by atoms with Gasteiger partial charge >= 0.3 is 0 Å². The van der Waals surface area contributed by atoms with Crippen molar-refractivity contribution in [1.82, 2.24) is 19.9 Å². The Labute approximate surface area is 148 Å². The van der Waals surface area contributed by atoms with Crippen LogP contribution < -0.4 is 0 Å². The second-order valence-electron chi connectivity index (χ2n) is 7.11. The molecule has 9 heteroatoms. The molecule has 1 atom stereocenters. The van der Waals surface area contributed by atoms with E-state index in [2.05, 4.69) is 15.0 Å². The first kappa shape index (κ1) is 18.3. The largest absolute Gasteiger partial charge is 0.345 e. The number of amides is 1. The van der Waals surface area contributed by atoms with Gasteiger partial charge in [0.2, 0.25) is 11.8 Å². The first-order valence-electron chi connectivity index (χ1n) is 8.83. The van der Waals surface area contributed by atoms with Crippen molar-refractivity contribution in [3.05, 3.63) is 11.7 Å². The predicted molar refractivity (Wildman–Crippen MR) is 91.7 cm³/mol. The zero-order valence-electron chi connectivity index (χ0n) is 14.8. The molecular formula is C16H26N4O4S. The maximum absolute atomic E-state index is 12.6. The fourth-order valence-corrected chi connectivity index (χ4v) is 5.47. The summed E-state index contributed by atoms with van der Waals surface area (Å²) in [7, 11) is -1.05. The van der Waals surface area contributed by atoms with Gasteiger partial charge in [0.25, 0.3) is 0 Å². The average Bonchev–Trinajstić information content (AvgIpc) is 3.17. The van der Waals surface area contributed by atoms with Gasteiger partial charge in [-0.05, 0) is 32.4 Å². The van der Waals surface area contributed by atoms with Crippen LogP contribution in [-0.2, 0) is 21.1 Å². The lowest BCUT2D eigenvalue weighted by Gasteiger charge is -2.36. The summed E-state index contributed by atoms with van der Waals surface area (Å²) in [6.45, 7) is 3.91. The molecule has 0 aliphatic carbocycles. The topological polar surface area (TPSA) is 96.6 Å².